The summed E-state index contributed by atoms with van der Waals surface area (Å²) >= 11 is 5.99. The van der Waals surface area contributed by atoms with Crippen LogP contribution in [0.25, 0.3) is 0 Å². The van der Waals surface area contributed by atoms with E-state index in [1.165, 1.54) is 11.8 Å². The lowest BCUT2D eigenvalue weighted by molar-refractivity contribution is -0.133. The zero-order valence-electron chi connectivity index (χ0n) is 12.1. The second-order valence-corrected chi connectivity index (χ2v) is 5.17. The zero-order valence-corrected chi connectivity index (χ0v) is 12.9. The van der Waals surface area contributed by atoms with Crippen LogP contribution >= 0.6 is 11.6 Å². The maximum Gasteiger partial charge on any atom is 0.244 e. The van der Waals surface area contributed by atoms with E-state index in [4.69, 9.17) is 11.6 Å². The predicted octanol–water partition coefficient (Wildman–Crippen LogP) is 2.72. The molecule has 0 fully saturated rings. The number of hydrogen-bond donors (Lipinski definition) is 1. The number of carbonyl (C=O) groups is 2. The Kier molecular flexibility index (Phi) is 5.49. The number of halogens is 1. The second-order valence-electron chi connectivity index (χ2n) is 4.76. The summed E-state index contributed by atoms with van der Waals surface area (Å²) in [6.45, 7) is 1.75. The van der Waals surface area contributed by atoms with E-state index in [1.54, 1.807) is 36.7 Å². The largest absolute Gasteiger partial charge is 0.329 e. The summed E-state index contributed by atoms with van der Waals surface area (Å²) in [7, 11) is 0. The van der Waals surface area contributed by atoms with Gasteiger partial charge in [-0.2, -0.15) is 0 Å². The van der Waals surface area contributed by atoms with Gasteiger partial charge >= 0.3 is 0 Å². The molecule has 0 saturated carbocycles. The number of amides is 2. The van der Waals surface area contributed by atoms with Gasteiger partial charge in [-0.3, -0.25) is 14.6 Å². The van der Waals surface area contributed by atoms with E-state index in [9.17, 15) is 9.59 Å². The smallest absolute Gasteiger partial charge is 0.244 e. The molecule has 0 unspecified atom stereocenters. The molecule has 2 amide bonds. The number of nitrogens with one attached hydrogen (secondary N) is 1. The average molecular weight is 318 g/mol. The number of pyridine rings is 1. The highest BCUT2D eigenvalue weighted by atomic mass is 35.5. The third-order valence-corrected chi connectivity index (χ3v) is 3.38. The van der Waals surface area contributed by atoms with E-state index < -0.39 is 0 Å². The van der Waals surface area contributed by atoms with Gasteiger partial charge < -0.3 is 10.2 Å². The van der Waals surface area contributed by atoms with Crippen LogP contribution in [0.15, 0.2) is 48.8 Å². The van der Waals surface area contributed by atoms with Gasteiger partial charge in [0.15, 0.2) is 0 Å². The summed E-state index contributed by atoms with van der Waals surface area (Å²) in [5.41, 5.74) is 1.44. The summed E-state index contributed by atoms with van der Waals surface area (Å²) in [6.07, 6.45) is 3.30. The van der Waals surface area contributed by atoms with Crippen LogP contribution in [0.5, 0.6) is 0 Å². The molecule has 0 aliphatic carbocycles. The highest BCUT2D eigenvalue weighted by molar-refractivity contribution is 6.33. The fraction of sp³-hybridized carbons (Fsp3) is 0.188. The van der Waals surface area contributed by atoms with Gasteiger partial charge in [-0.1, -0.05) is 23.7 Å². The molecular formula is C16H16ClN3O2. The Hall–Kier alpha value is -2.40. The minimum absolute atomic E-state index is 0.0388. The summed E-state index contributed by atoms with van der Waals surface area (Å²) in [5, 5.41) is 3.16. The molecule has 2 aromatic rings. The average Bonchev–Trinajstić information content (AvgIpc) is 2.50. The maximum absolute atomic E-state index is 12.1. The van der Waals surface area contributed by atoms with Gasteiger partial charge in [0.2, 0.25) is 11.8 Å². The molecule has 0 atom stereocenters. The van der Waals surface area contributed by atoms with Crippen LogP contribution in [-0.4, -0.2) is 28.2 Å². The summed E-state index contributed by atoms with van der Waals surface area (Å²) in [6, 6.07) is 10.6. The van der Waals surface area contributed by atoms with Crippen molar-refractivity contribution in [1.82, 2.24) is 9.88 Å². The lowest BCUT2D eigenvalue weighted by atomic mass is 10.2. The van der Waals surface area contributed by atoms with Gasteiger partial charge in [0.05, 0.1) is 10.7 Å². The number of rotatable bonds is 5. The highest BCUT2D eigenvalue weighted by Gasteiger charge is 2.15. The Morgan fingerprint density at radius 1 is 1.18 bits per heavy atom. The summed E-state index contributed by atoms with van der Waals surface area (Å²) in [5.74, 6) is -0.469. The van der Waals surface area contributed by atoms with Crippen molar-refractivity contribution in [2.24, 2.45) is 0 Å². The molecule has 0 spiro atoms. The van der Waals surface area contributed by atoms with Crippen LogP contribution < -0.4 is 5.32 Å². The summed E-state index contributed by atoms with van der Waals surface area (Å²) in [4.78, 5) is 29.2. The SMILES string of the molecule is CC(=O)N(CC(=O)Nc1ccccc1Cl)Cc1ccncc1. The predicted molar refractivity (Wildman–Crippen MR) is 85.4 cm³/mol. The number of para-hydroxylation sites is 1. The molecule has 1 heterocycles. The zero-order chi connectivity index (χ0) is 15.9. The van der Waals surface area contributed by atoms with Gasteiger partial charge in [-0.05, 0) is 29.8 Å². The minimum Gasteiger partial charge on any atom is -0.329 e. The van der Waals surface area contributed by atoms with E-state index in [2.05, 4.69) is 10.3 Å². The van der Waals surface area contributed by atoms with Crippen LogP contribution in [0.3, 0.4) is 0 Å². The lowest BCUT2D eigenvalue weighted by Crippen LogP contribution is -2.36. The summed E-state index contributed by atoms with van der Waals surface area (Å²) < 4.78 is 0. The normalized spacial score (nSPS) is 10.1. The first kappa shape index (κ1) is 16.0. The topological polar surface area (TPSA) is 62.3 Å². The minimum atomic E-state index is -0.294. The molecule has 1 N–H and O–H groups in total. The van der Waals surface area contributed by atoms with Crippen LogP contribution in [0.4, 0.5) is 5.69 Å². The molecule has 5 nitrogen and oxygen atoms in total. The van der Waals surface area contributed by atoms with E-state index >= 15 is 0 Å². The number of carbonyl (C=O) groups excluding carboxylic acids is 2. The van der Waals surface area contributed by atoms with Crippen molar-refractivity contribution >= 4 is 29.1 Å². The highest BCUT2D eigenvalue weighted by Crippen LogP contribution is 2.20. The van der Waals surface area contributed by atoms with Crippen molar-refractivity contribution in [3.63, 3.8) is 0 Å². The molecule has 6 heteroatoms. The molecule has 0 radical (unpaired) electrons. The molecule has 0 aliphatic rings. The third-order valence-electron chi connectivity index (χ3n) is 3.05. The molecule has 114 valence electrons. The Balaban J connectivity index is 2.00. The van der Waals surface area contributed by atoms with Crippen molar-refractivity contribution in [3.05, 3.63) is 59.4 Å². The van der Waals surface area contributed by atoms with Crippen LogP contribution in [0.1, 0.15) is 12.5 Å². The van der Waals surface area contributed by atoms with Crippen molar-refractivity contribution in [2.45, 2.75) is 13.5 Å². The van der Waals surface area contributed by atoms with Crippen molar-refractivity contribution in [3.8, 4) is 0 Å². The van der Waals surface area contributed by atoms with Gasteiger partial charge in [0.1, 0.15) is 6.54 Å². The quantitative estimate of drug-likeness (QED) is 0.922. The molecule has 0 bridgehead atoms. The molecule has 1 aromatic carbocycles. The van der Waals surface area contributed by atoms with Crippen molar-refractivity contribution in [1.29, 1.82) is 0 Å². The van der Waals surface area contributed by atoms with E-state index in [-0.39, 0.29) is 18.4 Å². The van der Waals surface area contributed by atoms with Gasteiger partial charge in [0.25, 0.3) is 0 Å². The monoisotopic (exact) mass is 317 g/mol. The van der Waals surface area contributed by atoms with Crippen molar-refractivity contribution in [2.75, 3.05) is 11.9 Å². The molecule has 2 rings (SSSR count). The molecule has 0 aliphatic heterocycles. The van der Waals surface area contributed by atoms with Gasteiger partial charge in [-0.25, -0.2) is 0 Å². The van der Waals surface area contributed by atoms with Crippen LogP contribution in [0, 0.1) is 0 Å². The van der Waals surface area contributed by atoms with Crippen LogP contribution in [-0.2, 0) is 16.1 Å². The van der Waals surface area contributed by atoms with Crippen LogP contribution in [0.2, 0.25) is 5.02 Å². The third kappa shape index (κ3) is 4.56. The fourth-order valence-electron chi connectivity index (χ4n) is 1.91. The van der Waals surface area contributed by atoms with E-state index in [0.717, 1.165) is 5.56 Å². The second kappa shape index (κ2) is 7.56. The number of hydrogen-bond acceptors (Lipinski definition) is 3. The first-order chi connectivity index (χ1) is 10.6. The molecule has 22 heavy (non-hydrogen) atoms. The van der Waals surface area contributed by atoms with Gasteiger partial charge in [0, 0.05) is 25.9 Å². The molecule has 1 aromatic heterocycles. The number of nitrogens with zero attached hydrogens (tertiary/aromatic N) is 2. The Morgan fingerprint density at radius 2 is 1.86 bits per heavy atom. The molecule has 0 saturated heterocycles. The maximum atomic E-state index is 12.1. The Morgan fingerprint density at radius 3 is 2.50 bits per heavy atom. The Bertz CT molecular complexity index is 661. The number of aromatic nitrogens is 1. The lowest BCUT2D eigenvalue weighted by Gasteiger charge is -2.20. The van der Waals surface area contributed by atoms with Crippen molar-refractivity contribution < 1.29 is 9.59 Å². The first-order valence-corrected chi connectivity index (χ1v) is 7.13. The number of anilines is 1. The number of benzene rings is 1. The fourth-order valence-corrected chi connectivity index (χ4v) is 2.10. The molecular weight excluding hydrogens is 302 g/mol. The first-order valence-electron chi connectivity index (χ1n) is 6.75. The van der Waals surface area contributed by atoms with E-state index in [0.29, 0.717) is 17.3 Å². The van der Waals surface area contributed by atoms with E-state index in [1.807, 2.05) is 12.1 Å². The van der Waals surface area contributed by atoms with Gasteiger partial charge in [-0.15, -0.1) is 0 Å². The standard InChI is InChI=1S/C16H16ClN3O2/c1-12(21)20(10-13-6-8-18-9-7-13)11-16(22)19-15-5-3-2-4-14(15)17/h2-9H,10-11H2,1H3,(H,19,22). The Labute approximate surface area is 133 Å².